The number of nitrogens with two attached hydrogens (primary N) is 1. The molecule has 2 atom stereocenters. The highest BCUT2D eigenvalue weighted by molar-refractivity contribution is 9.11. The summed E-state index contributed by atoms with van der Waals surface area (Å²) in [4.78, 5) is 1.18. The summed E-state index contributed by atoms with van der Waals surface area (Å²) < 4.78 is 7.16. The first-order valence-corrected chi connectivity index (χ1v) is 7.98. The molecule has 0 bridgehead atoms. The third-order valence-corrected chi connectivity index (χ3v) is 4.69. The van der Waals surface area contributed by atoms with Crippen molar-refractivity contribution in [3.05, 3.63) is 56.7 Å². The zero-order chi connectivity index (χ0) is 13.7. The number of halogens is 1. The van der Waals surface area contributed by atoms with Crippen molar-refractivity contribution in [3.8, 4) is 0 Å². The second-order valence-corrected chi connectivity index (χ2v) is 6.93. The van der Waals surface area contributed by atoms with Crippen molar-refractivity contribution in [2.45, 2.75) is 32.1 Å². The lowest BCUT2D eigenvalue weighted by atomic mass is 10.1. The Labute approximate surface area is 126 Å². The molecule has 1 aromatic heterocycles. The number of benzene rings is 1. The van der Waals surface area contributed by atoms with Crippen LogP contribution in [0.2, 0.25) is 0 Å². The lowest BCUT2D eigenvalue weighted by molar-refractivity contribution is 0.0236. The van der Waals surface area contributed by atoms with Crippen molar-refractivity contribution < 1.29 is 4.74 Å². The van der Waals surface area contributed by atoms with Crippen LogP contribution in [0.4, 0.5) is 0 Å². The van der Waals surface area contributed by atoms with Gasteiger partial charge in [0.25, 0.3) is 0 Å². The van der Waals surface area contributed by atoms with Gasteiger partial charge in [0, 0.05) is 10.9 Å². The van der Waals surface area contributed by atoms with E-state index in [0.717, 1.165) is 10.2 Å². The van der Waals surface area contributed by atoms with Crippen LogP contribution in [0.5, 0.6) is 0 Å². The van der Waals surface area contributed by atoms with E-state index in [-0.39, 0.29) is 12.1 Å². The zero-order valence-electron chi connectivity index (χ0n) is 10.9. The van der Waals surface area contributed by atoms with Crippen LogP contribution < -0.4 is 5.73 Å². The van der Waals surface area contributed by atoms with Gasteiger partial charge in [-0.2, -0.15) is 0 Å². The van der Waals surface area contributed by atoms with E-state index in [0.29, 0.717) is 6.61 Å². The Kier molecular flexibility index (Phi) is 5.58. The summed E-state index contributed by atoms with van der Waals surface area (Å²) in [6, 6.07) is 14.3. The van der Waals surface area contributed by atoms with E-state index in [9.17, 15) is 0 Å². The fourth-order valence-corrected chi connectivity index (χ4v) is 3.42. The normalized spacial score (nSPS) is 14.3. The van der Waals surface area contributed by atoms with E-state index < -0.39 is 0 Å². The van der Waals surface area contributed by atoms with Gasteiger partial charge >= 0.3 is 0 Å². The second-order valence-electron chi connectivity index (χ2n) is 4.43. The van der Waals surface area contributed by atoms with Gasteiger partial charge in [-0.3, -0.25) is 0 Å². The Morgan fingerprint density at radius 3 is 2.53 bits per heavy atom. The largest absolute Gasteiger partial charge is 0.366 e. The molecule has 0 radical (unpaired) electrons. The Balaban J connectivity index is 2.06. The Morgan fingerprint density at radius 2 is 1.95 bits per heavy atom. The molecule has 0 aliphatic carbocycles. The van der Waals surface area contributed by atoms with Crippen molar-refractivity contribution in [1.82, 2.24) is 0 Å². The molecule has 2 aromatic rings. The van der Waals surface area contributed by atoms with Gasteiger partial charge in [0.15, 0.2) is 0 Å². The van der Waals surface area contributed by atoms with Crippen molar-refractivity contribution >= 4 is 27.3 Å². The van der Waals surface area contributed by atoms with Crippen molar-refractivity contribution in [1.29, 1.82) is 0 Å². The minimum absolute atomic E-state index is 0.0225. The highest BCUT2D eigenvalue weighted by Crippen LogP contribution is 2.32. The summed E-state index contributed by atoms with van der Waals surface area (Å²) in [5.74, 6) is 0. The first-order valence-electron chi connectivity index (χ1n) is 6.37. The van der Waals surface area contributed by atoms with Crippen LogP contribution in [0.3, 0.4) is 0 Å². The Hall–Kier alpha value is -0.680. The molecule has 2 unspecified atom stereocenters. The summed E-state index contributed by atoms with van der Waals surface area (Å²) in [6.45, 7) is 2.68. The van der Waals surface area contributed by atoms with Crippen LogP contribution in [0, 0.1) is 0 Å². The lowest BCUT2D eigenvalue weighted by Gasteiger charge is -2.22. The molecule has 2 rings (SSSR count). The average Bonchev–Trinajstić information content (AvgIpc) is 2.86. The molecule has 0 saturated carbocycles. The Morgan fingerprint density at radius 1 is 1.21 bits per heavy atom. The molecular weight excluding hydrogens is 322 g/mol. The molecule has 0 aliphatic rings. The minimum Gasteiger partial charge on any atom is -0.366 e. The lowest BCUT2D eigenvalue weighted by Crippen LogP contribution is -2.29. The standard InChI is InChI=1S/C15H18BrNOS/c1-2-12(17)15(13-8-9-14(16)19-13)18-10-11-6-4-3-5-7-11/h3-9,12,15H,2,10,17H2,1H3. The zero-order valence-corrected chi connectivity index (χ0v) is 13.3. The molecule has 0 amide bonds. The predicted molar refractivity (Wildman–Crippen MR) is 84.3 cm³/mol. The van der Waals surface area contributed by atoms with Crippen molar-refractivity contribution in [2.75, 3.05) is 0 Å². The fraction of sp³-hybridized carbons (Fsp3) is 0.333. The topological polar surface area (TPSA) is 35.2 Å². The fourth-order valence-electron chi connectivity index (χ4n) is 1.87. The smallest absolute Gasteiger partial charge is 0.107 e. The number of rotatable bonds is 6. The molecule has 0 spiro atoms. The van der Waals surface area contributed by atoms with Gasteiger partial charge in [-0.15, -0.1) is 11.3 Å². The molecular formula is C15H18BrNOS. The van der Waals surface area contributed by atoms with Crippen LogP contribution >= 0.6 is 27.3 Å². The maximum atomic E-state index is 6.19. The first kappa shape index (κ1) is 14.7. The quantitative estimate of drug-likeness (QED) is 0.840. The van der Waals surface area contributed by atoms with Crippen LogP contribution in [0.1, 0.15) is 29.9 Å². The number of hydrogen-bond acceptors (Lipinski definition) is 3. The van der Waals surface area contributed by atoms with Crippen LogP contribution in [0.15, 0.2) is 46.3 Å². The van der Waals surface area contributed by atoms with E-state index >= 15 is 0 Å². The highest BCUT2D eigenvalue weighted by atomic mass is 79.9. The summed E-state index contributed by atoms with van der Waals surface area (Å²) >= 11 is 5.18. The van der Waals surface area contributed by atoms with Gasteiger partial charge in [-0.25, -0.2) is 0 Å². The van der Waals surface area contributed by atoms with E-state index in [1.54, 1.807) is 11.3 Å². The summed E-state index contributed by atoms with van der Waals surface area (Å²) in [5, 5.41) is 0. The number of thiophene rings is 1. The first-order chi connectivity index (χ1) is 9.20. The monoisotopic (exact) mass is 339 g/mol. The Bertz CT molecular complexity index is 500. The second kappa shape index (κ2) is 7.20. The molecule has 2 N–H and O–H groups in total. The van der Waals surface area contributed by atoms with Gasteiger partial charge in [0.1, 0.15) is 6.10 Å². The summed E-state index contributed by atoms with van der Waals surface area (Å²) in [6.07, 6.45) is 0.858. The molecule has 0 aliphatic heterocycles. The molecule has 0 fully saturated rings. The van der Waals surface area contributed by atoms with Crippen molar-refractivity contribution in [3.63, 3.8) is 0 Å². The molecule has 19 heavy (non-hydrogen) atoms. The number of hydrogen-bond donors (Lipinski definition) is 1. The average molecular weight is 340 g/mol. The van der Waals surface area contributed by atoms with Gasteiger partial charge in [0.2, 0.25) is 0 Å². The van der Waals surface area contributed by atoms with E-state index in [4.69, 9.17) is 10.5 Å². The molecule has 102 valence electrons. The highest BCUT2D eigenvalue weighted by Gasteiger charge is 2.21. The summed E-state index contributed by atoms with van der Waals surface area (Å²) in [7, 11) is 0. The molecule has 4 heteroatoms. The number of ether oxygens (including phenoxy) is 1. The predicted octanol–water partition coefficient (Wildman–Crippen LogP) is 4.51. The third kappa shape index (κ3) is 4.14. The molecule has 0 saturated heterocycles. The van der Waals surface area contributed by atoms with Gasteiger partial charge < -0.3 is 10.5 Å². The molecule has 1 aromatic carbocycles. The van der Waals surface area contributed by atoms with Crippen LogP contribution in [0.25, 0.3) is 0 Å². The van der Waals surface area contributed by atoms with E-state index in [1.165, 1.54) is 10.4 Å². The van der Waals surface area contributed by atoms with Crippen LogP contribution in [-0.2, 0) is 11.3 Å². The van der Waals surface area contributed by atoms with E-state index in [2.05, 4.69) is 41.1 Å². The van der Waals surface area contributed by atoms with Gasteiger partial charge in [-0.1, -0.05) is 37.3 Å². The maximum Gasteiger partial charge on any atom is 0.107 e. The van der Waals surface area contributed by atoms with Gasteiger partial charge in [0.05, 0.1) is 10.4 Å². The summed E-state index contributed by atoms with van der Waals surface area (Å²) in [5.41, 5.74) is 7.36. The molecule has 2 nitrogen and oxygen atoms in total. The molecule has 1 heterocycles. The van der Waals surface area contributed by atoms with Gasteiger partial charge in [-0.05, 0) is 40.0 Å². The third-order valence-electron chi connectivity index (χ3n) is 3.01. The SMILES string of the molecule is CCC(N)C(OCc1ccccc1)c1ccc(Br)s1. The van der Waals surface area contributed by atoms with Crippen molar-refractivity contribution in [2.24, 2.45) is 5.73 Å². The van der Waals surface area contributed by atoms with E-state index in [1.807, 2.05) is 24.3 Å². The maximum absolute atomic E-state index is 6.19. The minimum atomic E-state index is -0.0403. The van der Waals surface area contributed by atoms with Crippen LogP contribution in [-0.4, -0.2) is 6.04 Å².